The summed E-state index contributed by atoms with van der Waals surface area (Å²) in [5.74, 6) is -3.66. The number of carbonyl (C=O) groups excluding carboxylic acids is 2. The third-order valence-electron chi connectivity index (χ3n) is 3.11. The lowest BCUT2D eigenvalue weighted by Crippen LogP contribution is -2.39. The Morgan fingerprint density at radius 3 is 2.43 bits per heavy atom. The van der Waals surface area contributed by atoms with Crippen molar-refractivity contribution in [1.29, 1.82) is 0 Å². The van der Waals surface area contributed by atoms with Crippen molar-refractivity contribution >= 4 is 29.2 Å². The molecule has 1 aliphatic rings. The maximum atomic E-state index is 14.1. The van der Waals surface area contributed by atoms with E-state index in [0.717, 1.165) is 25.2 Å². The second-order valence-corrected chi connectivity index (χ2v) is 4.84. The fraction of sp³-hybridized carbons (Fsp3) is 0.286. The van der Waals surface area contributed by atoms with Crippen LogP contribution in [0, 0.1) is 11.6 Å². The average Bonchev–Trinajstić information content (AvgIpc) is 2.56. The summed E-state index contributed by atoms with van der Waals surface area (Å²) in [6.45, 7) is -0.478. The SMILES string of the molecule is COC(=O)C1=C(C(=O)OC)N(c2cc(Cl)c(F)cc2F)COC1. The quantitative estimate of drug-likeness (QED) is 0.615. The van der Waals surface area contributed by atoms with Crippen molar-refractivity contribution in [3.8, 4) is 0 Å². The van der Waals surface area contributed by atoms with E-state index in [1.54, 1.807) is 0 Å². The highest BCUT2D eigenvalue weighted by molar-refractivity contribution is 6.31. The van der Waals surface area contributed by atoms with E-state index >= 15 is 0 Å². The summed E-state index contributed by atoms with van der Waals surface area (Å²) >= 11 is 5.66. The van der Waals surface area contributed by atoms with E-state index in [9.17, 15) is 18.4 Å². The van der Waals surface area contributed by atoms with E-state index in [1.165, 1.54) is 0 Å². The Hall–Kier alpha value is -2.19. The second-order valence-electron chi connectivity index (χ2n) is 4.43. The van der Waals surface area contributed by atoms with Gasteiger partial charge in [-0.1, -0.05) is 11.6 Å². The summed E-state index contributed by atoms with van der Waals surface area (Å²) in [6.07, 6.45) is 0. The summed E-state index contributed by atoms with van der Waals surface area (Å²) in [4.78, 5) is 24.9. The first-order valence-electron chi connectivity index (χ1n) is 6.30. The van der Waals surface area contributed by atoms with Crippen LogP contribution < -0.4 is 4.90 Å². The van der Waals surface area contributed by atoms with Crippen LogP contribution in [0.5, 0.6) is 0 Å². The van der Waals surface area contributed by atoms with Crippen LogP contribution in [0.25, 0.3) is 0 Å². The fourth-order valence-corrected chi connectivity index (χ4v) is 2.21. The molecule has 1 aliphatic heterocycles. The maximum absolute atomic E-state index is 14.1. The Morgan fingerprint density at radius 2 is 1.83 bits per heavy atom. The average molecular weight is 348 g/mol. The van der Waals surface area contributed by atoms with Crippen molar-refractivity contribution in [1.82, 2.24) is 0 Å². The molecule has 0 aliphatic carbocycles. The Bertz CT molecular complexity index is 692. The first kappa shape index (κ1) is 17.2. The summed E-state index contributed by atoms with van der Waals surface area (Å²) in [5, 5.41) is -0.351. The van der Waals surface area contributed by atoms with Gasteiger partial charge in [-0.3, -0.25) is 0 Å². The maximum Gasteiger partial charge on any atom is 0.355 e. The zero-order valence-electron chi connectivity index (χ0n) is 12.2. The number of methoxy groups -OCH3 is 2. The van der Waals surface area contributed by atoms with Crippen molar-refractivity contribution in [3.05, 3.63) is 40.1 Å². The molecule has 124 valence electrons. The van der Waals surface area contributed by atoms with E-state index < -0.39 is 23.6 Å². The molecule has 0 atom stereocenters. The normalized spacial score (nSPS) is 14.7. The molecule has 0 fully saturated rings. The van der Waals surface area contributed by atoms with Gasteiger partial charge in [0, 0.05) is 6.07 Å². The molecule has 0 aromatic heterocycles. The number of hydrogen-bond acceptors (Lipinski definition) is 6. The van der Waals surface area contributed by atoms with Gasteiger partial charge in [-0.25, -0.2) is 18.4 Å². The standard InChI is InChI=1S/C14H12ClF2NO5/c1-21-13(19)7-5-23-6-18(12(7)14(20)22-2)11-3-8(15)9(16)4-10(11)17/h3-4H,5-6H2,1-2H3. The highest BCUT2D eigenvalue weighted by Crippen LogP contribution is 2.32. The highest BCUT2D eigenvalue weighted by atomic mass is 35.5. The minimum Gasteiger partial charge on any atom is -0.466 e. The Labute approximate surface area is 135 Å². The number of ether oxygens (including phenoxy) is 3. The van der Waals surface area contributed by atoms with Crippen LogP contribution >= 0.6 is 11.6 Å². The molecule has 2 rings (SSSR count). The van der Waals surface area contributed by atoms with Gasteiger partial charge in [0.05, 0.1) is 37.1 Å². The topological polar surface area (TPSA) is 65.1 Å². The van der Waals surface area contributed by atoms with Gasteiger partial charge in [-0.15, -0.1) is 0 Å². The monoisotopic (exact) mass is 347 g/mol. The van der Waals surface area contributed by atoms with Gasteiger partial charge in [0.25, 0.3) is 0 Å². The van der Waals surface area contributed by atoms with Gasteiger partial charge in [0.1, 0.15) is 24.1 Å². The lowest BCUT2D eigenvalue weighted by Gasteiger charge is -2.31. The molecule has 6 nitrogen and oxygen atoms in total. The predicted octanol–water partition coefficient (Wildman–Crippen LogP) is 2.01. The summed E-state index contributed by atoms with van der Waals surface area (Å²) < 4.78 is 41.8. The van der Waals surface area contributed by atoms with E-state index in [1.807, 2.05) is 0 Å². The molecule has 0 saturated heterocycles. The van der Waals surface area contributed by atoms with Crippen molar-refractivity contribution in [2.75, 3.05) is 32.5 Å². The van der Waals surface area contributed by atoms with Gasteiger partial charge in [0.2, 0.25) is 0 Å². The zero-order chi connectivity index (χ0) is 17.1. The van der Waals surface area contributed by atoms with E-state index in [0.29, 0.717) is 6.07 Å². The molecule has 23 heavy (non-hydrogen) atoms. The molecule has 0 N–H and O–H groups in total. The summed E-state index contributed by atoms with van der Waals surface area (Å²) in [7, 11) is 2.23. The number of halogens is 3. The van der Waals surface area contributed by atoms with Crippen LogP contribution in [-0.2, 0) is 23.8 Å². The van der Waals surface area contributed by atoms with Crippen molar-refractivity contribution < 1.29 is 32.6 Å². The first-order valence-corrected chi connectivity index (χ1v) is 6.68. The minimum atomic E-state index is -0.983. The minimum absolute atomic E-state index is 0.148. The van der Waals surface area contributed by atoms with Gasteiger partial charge in [-0.05, 0) is 6.07 Å². The molecule has 0 bridgehead atoms. The molecule has 0 spiro atoms. The molecule has 0 saturated carbocycles. The lowest BCUT2D eigenvalue weighted by molar-refractivity contribution is -0.140. The number of nitrogens with zero attached hydrogens (tertiary/aromatic N) is 1. The van der Waals surface area contributed by atoms with Gasteiger partial charge in [-0.2, -0.15) is 0 Å². The first-order chi connectivity index (χ1) is 10.9. The Kier molecular flexibility index (Phi) is 5.17. The molecule has 0 unspecified atom stereocenters. The molecular formula is C14H12ClF2NO5. The summed E-state index contributed by atoms with van der Waals surface area (Å²) in [5.41, 5.74) is -0.643. The largest absolute Gasteiger partial charge is 0.466 e. The zero-order valence-corrected chi connectivity index (χ0v) is 12.9. The van der Waals surface area contributed by atoms with Crippen LogP contribution in [0.1, 0.15) is 0 Å². The molecule has 9 heteroatoms. The van der Waals surface area contributed by atoms with Gasteiger partial charge < -0.3 is 19.1 Å². The smallest absolute Gasteiger partial charge is 0.355 e. The Morgan fingerprint density at radius 1 is 1.17 bits per heavy atom. The number of anilines is 1. The van der Waals surface area contributed by atoms with Crippen molar-refractivity contribution in [2.24, 2.45) is 0 Å². The highest BCUT2D eigenvalue weighted by Gasteiger charge is 2.33. The molecule has 0 amide bonds. The van der Waals surface area contributed by atoms with Crippen LogP contribution in [-0.4, -0.2) is 39.5 Å². The van der Waals surface area contributed by atoms with E-state index in [4.69, 9.17) is 16.3 Å². The van der Waals surface area contributed by atoms with E-state index in [-0.39, 0.29) is 35.3 Å². The molecule has 1 aromatic carbocycles. The van der Waals surface area contributed by atoms with Gasteiger partial charge in [0.15, 0.2) is 0 Å². The fourth-order valence-electron chi connectivity index (χ4n) is 2.05. The third kappa shape index (κ3) is 3.27. The number of rotatable bonds is 3. The molecular weight excluding hydrogens is 336 g/mol. The number of esters is 2. The third-order valence-corrected chi connectivity index (χ3v) is 3.40. The Balaban J connectivity index is 2.62. The molecule has 1 aromatic rings. The second kappa shape index (κ2) is 6.93. The number of carbonyl (C=O) groups is 2. The van der Waals surface area contributed by atoms with Crippen molar-refractivity contribution in [2.45, 2.75) is 0 Å². The number of hydrogen-bond donors (Lipinski definition) is 0. The van der Waals surface area contributed by atoms with Crippen molar-refractivity contribution in [3.63, 3.8) is 0 Å². The van der Waals surface area contributed by atoms with Crippen LogP contribution in [0.3, 0.4) is 0 Å². The summed E-state index contributed by atoms with van der Waals surface area (Å²) in [6, 6.07) is 1.55. The predicted molar refractivity (Wildman–Crippen MR) is 75.7 cm³/mol. The van der Waals surface area contributed by atoms with E-state index in [2.05, 4.69) is 9.47 Å². The van der Waals surface area contributed by atoms with Crippen LogP contribution in [0.2, 0.25) is 5.02 Å². The van der Waals surface area contributed by atoms with Crippen LogP contribution in [0.4, 0.5) is 14.5 Å². The van der Waals surface area contributed by atoms with Gasteiger partial charge >= 0.3 is 11.9 Å². The molecule has 1 heterocycles. The molecule has 0 radical (unpaired) electrons. The lowest BCUT2D eigenvalue weighted by atomic mass is 10.1. The van der Waals surface area contributed by atoms with Crippen LogP contribution in [0.15, 0.2) is 23.4 Å². The number of benzene rings is 1.